The molecule has 4 rings (SSSR count). The second kappa shape index (κ2) is 5.42. The van der Waals surface area contributed by atoms with E-state index in [0.717, 1.165) is 0 Å². The second-order valence-electron chi connectivity index (χ2n) is 5.34. The molecule has 0 aliphatic carbocycles. The molecule has 1 amide bonds. The molecule has 2 aliphatic rings. The molecule has 3 heterocycles. The average Bonchev–Trinajstić information content (AvgIpc) is 2.94. The predicted octanol–water partition coefficient (Wildman–Crippen LogP) is 2.14. The Hall–Kier alpha value is -3.20. The van der Waals surface area contributed by atoms with Crippen molar-refractivity contribution in [1.82, 2.24) is 5.01 Å². The van der Waals surface area contributed by atoms with E-state index in [0.29, 0.717) is 15.8 Å². The standard InChI is InChI=1S/C16H10N4O4S/c1-7-19-20-14(17)11(15(23)18-16(20)25-7)4-8-6-24-12-3-2-9(21)5-10(12)13(8)22/h2-6,17,21H,1H3/b11-4-,17-14?. The molecule has 0 atom stereocenters. The van der Waals surface area contributed by atoms with Crippen molar-refractivity contribution in [2.45, 2.75) is 6.92 Å². The van der Waals surface area contributed by atoms with Crippen LogP contribution in [0.25, 0.3) is 17.0 Å². The molecular weight excluding hydrogens is 344 g/mol. The Bertz CT molecular complexity index is 1110. The van der Waals surface area contributed by atoms with Gasteiger partial charge in [0.25, 0.3) is 5.91 Å². The van der Waals surface area contributed by atoms with Crippen LogP contribution in [0.2, 0.25) is 0 Å². The van der Waals surface area contributed by atoms with E-state index in [-0.39, 0.29) is 28.1 Å². The van der Waals surface area contributed by atoms with Crippen molar-refractivity contribution in [3.05, 3.63) is 45.8 Å². The first-order chi connectivity index (χ1) is 11.9. The van der Waals surface area contributed by atoms with E-state index in [9.17, 15) is 14.7 Å². The maximum Gasteiger partial charge on any atom is 0.283 e. The van der Waals surface area contributed by atoms with Crippen LogP contribution in [0.4, 0.5) is 0 Å². The number of thioether (sulfide) groups is 1. The summed E-state index contributed by atoms with van der Waals surface area (Å²) < 4.78 is 5.38. The predicted molar refractivity (Wildman–Crippen MR) is 94.8 cm³/mol. The molecule has 0 bridgehead atoms. The maximum atomic E-state index is 12.6. The molecule has 124 valence electrons. The molecule has 0 fully saturated rings. The van der Waals surface area contributed by atoms with Crippen LogP contribution < -0.4 is 5.43 Å². The van der Waals surface area contributed by atoms with Crippen LogP contribution in [-0.2, 0) is 4.79 Å². The largest absolute Gasteiger partial charge is 0.508 e. The first kappa shape index (κ1) is 15.3. The zero-order valence-electron chi connectivity index (χ0n) is 12.8. The molecule has 0 unspecified atom stereocenters. The highest BCUT2D eigenvalue weighted by Gasteiger charge is 2.34. The van der Waals surface area contributed by atoms with Crippen molar-refractivity contribution < 1.29 is 14.3 Å². The molecule has 2 aliphatic heterocycles. The van der Waals surface area contributed by atoms with Gasteiger partial charge < -0.3 is 9.52 Å². The molecule has 2 N–H and O–H groups in total. The highest BCUT2D eigenvalue weighted by molar-refractivity contribution is 8.26. The van der Waals surface area contributed by atoms with Gasteiger partial charge in [0.05, 0.1) is 21.6 Å². The fourth-order valence-corrected chi connectivity index (χ4v) is 3.21. The van der Waals surface area contributed by atoms with E-state index < -0.39 is 11.3 Å². The van der Waals surface area contributed by atoms with E-state index in [1.54, 1.807) is 6.92 Å². The lowest BCUT2D eigenvalue weighted by Crippen LogP contribution is -2.35. The first-order valence-electron chi connectivity index (χ1n) is 7.15. The van der Waals surface area contributed by atoms with Crippen LogP contribution in [0.1, 0.15) is 12.5 Å². The molecule has 25 heavy (non-hydrogen) atoms. The van der Waals surface area contributed by atoms with Gasteiger partial charge in [0.15, 0.2) is 11.3 Å². The molecule has 0 saturated heterocycles. The highest BCUT2D eigenvalue weighted by Crippen LogP contribution is 2.28. The number of carbonyl (C=O) groups is 1. The number of phenolic OH excluding ortho intramolecular Hbond substituents is 1. The normalized spacial score (nSPS) is 18.6. The summed E-state index contributed by atoms with van der Waals surface area (Å²) in [6, 6.07) is 4.18. The number of phenols is 1. The maximum absolute atomic E-state index is 12.6. The number of hydrazone groups is 1. The third kappa shape index (κ3) is 2.45. The Morgan fingerprint density at radius 2 is 2.16 bits per heavy atom. The van der Waals surface area contributed by atoms with E-state index >= 15 is 0 Å². The Morgan fingerprint density at radius 3 is 2.96 bits per heavy atom. The molecule has 2 aromatic rings. The van der Waals surface area contributed by atoms with Gasteiger partial charge in [-0.1, -0.05) is 0 Å². The SMILES string of the molecule is CC1=NN2C(=N)/C(=C/c3coc4ccc(O)cc4c3=O)C(=O)N=C2S1. The zero-order valence-corrected chi connectivity index (χ0v) is 13.6. The number of aromatic hydroxyl groups is 1. The summed E-state index contributed by atoms with van der Waals surface area (Å²) in [5.41, 5.74) is -0.0889. The third-order valence-electron chi connectivity index (χ3n) is 3.64. The molecule has 0 spiro atoms. The van der Waals surface area contributed by atoms with Crippen molar-refractivity contribution in [2.75, 3.05) is 0 Å². The van der Waals surface area contributed by atoms with Crippen LogP contribution in [-0.4, -0.2) is 32.1 Å². The highest BCUT2D eigenvalue weighted by atomic mass is 32.2. The summed E-state index contributed by atoms with van der Waals surface area (Å²) >= 11 is 1.20. The molecule has 0 radical (unpaired) electrons. The van der Waals surface area contributed by atoms with Crippen molar-refractivity contribution in [1.29, 1.82) is 5.41 Å². The lowest BCUT2D eigenvalue weighted by atomic mass is 10.1. The van der Waals surface area contributed by atoms with E-state index in [4.69, 9.17) is 9.83 Å². The van der Waals surface area contributed by atoms with Gasteiger partial charge in [0.1, 0.15) is 17.6 Å². The van der Waals surface area contributed by atoms with Crippen LogP contribution in [0.15, 0.2) is 49.3 Å². The third-order valence-corrected chi connectivity index (χ3v) is 4.46. The van der Waals surface area contributed by atoms with Gasteiger partial charge in [-0.25, -0.2) is 0 Å². The quantitative estimate of drug-likeness (QED) is 0.757. The molecule has 0 saturated carbocycles. The average molecular weight is 354 g/mol. The van der Waals surface area contributed by atoms with Crippen LogP contribution in [0, 0.1) is 5.41 Å². The summed E-state index contributed by atoms with van der Waals surface area (Å²) in [5, 5.41) is 24.3. The lowest BCUT2D eigenvalue weighted by Gasteiger charge is -2.20. The topological polar surface area (TPSA) is 119 Å². The summed E-state index contributed by atoms with van der Waals surface area (Å²) in [4.78, 5) is 28.7. The number of rotatable bonds is 1. The zero-order chi connectivity index (χ0) is 17.7. The monoisotopic (exact) mass is 354 g/mol. The number of aliphatic imine (C=N–C) groups is 1. The fourth-order valence-electron chi connectivity index (χ4n) is 2.48. The van der Waals surface area contributed by atoms with Crippen molar-refractivity contribution in [2.24, 2.45) is 10.1 Å². The smallest absolute Gasteiger partial charge is 0.283 e. The number of carbonyl (C=O) groups excluding carboxylic acids is 1. The Balaban J connectivity index is 1.85. The van der Waals surface area contributed by atoms with Crippen LogP contribution in [0.5, 0.6) is 5.75 Å². The van der Waals surface area contributed by atoms with Gasteiger partial charge in [0.2, 0.25) is 5.17 Å². The van der Waals surface area contributed by atoms with Crippen molar-refractivity contribution in [3.8, 4) is 5.75 Å². The van der Waals surface area contributed by atoms with Gasteiger partial charge in [-0.2, -0.15) is 15.1 Å². The molecule has 8 nitrogen and oxygen atoms in total. The Morgan fingerprint density at radius 1 is 1.36 bits per heavy atom. The minimum absolute atomic E-state index is 0.0606. The first-order valence-corrected chi connectivity index (χ1v) is 7.97. The van der Waals surface area contributed by atoms with E-state index in [1.165, 1.54) is 47.3 Å². The number of amidine groups is 2. The number of fused-ring (bicyclic) bond motifs is 2. The van der Waals surface area contributed by atoms with Gasteiger partial charge >= 0.3 is 0 Å². The fraction of sp³-hybridized carbons (Fsp3) is 0.0625. The summed E-state index contributed by atoms with van der Waals surface area (Å²) in [6.07, 6.45) is 2.47. The molecular formula is C16H10N4O4S. The lowest BCUT2D eigenvalue weighted by molar-refractivity contribution is -0.114. The van der Waals surface area contributed by atoms with Crippen LogP contribution >= 0.6 is 11.8 Å². The molecule has 1 aromatic heterocycles. The van der Waals surface area contributed by atoms with Gasteiger partial charge in [0, 0.05) is 0 Å². The number of nitrogens with zero attached hydrogens (tertiary/aromatic N) is 3. The minimum Gasteiger partial charge on any atom is -0.508 e. The van der Waals surface area contributed by atoms with Crippen molar-refractivity contribution >= 4 is 50.8 Å². The van der Waals surface area contributed by atoms with Crippen molar-refractivity contribution in [3.63, 3.8) is 0 Å². The van der Waals surface area contributed by atoms with Gasteiger partial charge in [-0.15, -0.1) is 0 Å². The van der Waals surface area contributed by atoms with E-state index in [2.05, 4.69) is 10.1 Å². The Kier molecular flexibility index (Phi) is 3.32. The number of benzene rings is 1. The van der Waals surface area contributed by atoms with E-state index in [1.807, 2.05) is 0 Å². The number of nitrogens with one attached hydrogen (secondary N) is 1. The van der Waals surface area contributed by atoms with Crippen LogP contribution in [0.3, 0.4) is 0 Å². The van der Waals surface area contributed by atoms with Gasteiger partial charge in [-0.05, 0) is 43.0 Å². The number of amides is 1. The summed E-state index contributed by atoms with van der Waals surface area (Å²) in [7, 11) is 0. The minimum atomic E-state index is -0.621. The molecule has 9 heteroatoms. The Labute approximate surface area is 144 Å². The molecule has 1 aromatic carbocycles. The van der Waals surface area contributed by atoms with Gasteiger partial charge in [-0.3, -0.25) is 15.0 Å². The summed E-state index contributed by atoms with van der Waals surface area (Å²) in [5.74, 6) is -0.849. The number of hydrogen-bond donors (Lipinski definition) is 2. The number of hydrogen-bond acceptors (Lipinski definition) is 7. The summed E-state index contributed by atoms with van der Waals surface area (Å²) in [6.45, 7) is 1.75. The second-order valence-corrected chi connectivity index (χ2v) is 6.50.